The van der Waals surface area contributed by atoms with E-state index in [4.69, 9.17) is 4.42 Å². The summed E-state index contributed by atoms with van der Waals surface area (Å²) in [6.45, 7) is 3.46. The van der Waals surface area contributed by atoms with E-state index in [0.717, 1.165) is 29.4 Å². The molecule has 1 N–H and O–H groups in total. The van der Waals surface area contributed by atoms with Gasteiger partial charge in [0, 0.05) is 29.7 Å². The third kappa shape index (κ3) is 4.48. The van der Waals surface area contributed by atoms with Crippen LogP contribution in [0.15, 0.2) is 45.7 Å². The van der Waals surface area contributed by atoms with E-state index in [1.54, 1.807) is 11.8 Å². The molecule has 0 atom stereocenters. The number of amides is 1. The van der Waals surface area contributed by atoms with Gasteiger partial charge in [-0.3, -0.25) is 4.79 Å². The highest BCUT2D eigenvalue weighted by molar-refractivity contribution is 7.99. The third-order valence-electron chi connectivity index (χ3n) is 2.59. The molecule has 2 aromatic rings. The lowest BCUT2D eigenvalue weighted by Crippen LogP contribution is -2.05. The van der Waals surface area contributed by atoms with Crippen molar-refractivity contribution in [3.63, 3.8) is 0 Å². The van der Waals surface area contributed by atoms with Crippen molar-refractivity contribution in [2.45, 2.75) is 25.2 Å². The van der Waals surface area contributed by atoms with Crippen molar-refractivity contribution in [2.75, 3.05) is 11.1 Å². The summed E-state index contributed by atoms with van der Waals surface area (Å²) in [4.78, 5) is 12.1. The van der Waals surface area contributed by atoms with Gasteiger partial charge in [0.05, 0.1) is 0 Å². The van der Waals surface area contributed by atoms with Gasteiger partial charge in [-0.1, -0.05) is 0 Å². The quantitative estimate of drug-likeness (QED) is 0.842. The Balaban J connectivity index is 1.81. The molecule has 0 saturated carbocycles. The fourth-order valence-electron chi connectivity index (χ4n) is 1.73. The van der Waals surface area contributed by atoms with Crippen LogP contribution in [0.4, 0.5) is 5.69 Å². The summed E-state index contributed by atoms with van der Waals surface area (Å²) in [5, 5.41) is 2.75. The Morgan fingerprint density at radius 3 is 2.53 bits per heavy atom. The molecule has 0 aliphatic heterocycles. The fourth-order valence-corrected chi connectivity index (χ4v) is 2.59. The second-order valence-electron chi connectivity index (χ2n) is 4.32. The van der Waals surface area contributed by atoms with Crippen LogP contribution in [0.3, 0.4) is 0 Å². The van der Waals surface area contributed by atoms with Crippen LogP contribution in [0.5, 0.6) is 0 Å². The average Bonchev–Trinajstić information content (AvgIpc) is 2.77. The van der Waals surface area contributed by atoms with Crippen LogP contribution in [-0.4, -0.2) is 11.7 Å². The molecule has 3 nitrogen and oxygen atoms in total. The Kier molecular flexibility index (Phi) is 4.68. The van der Waals surface area contributed by atoms with Crippen LogP contribution in [0.25, 0.3) is 0 Å². The fraction of sp³-hybridized carbons (Fsp3) is 0.267. The predicted octanol–water partition coefficient (Wildman–Crippen LogP) is 3.88. The Bertz CT molecular complexity index is 546. The van der Waals surface area contributed by atoms with Crippen molar-refractivity contribution >= 4 is 23.4 Å². The lowest BCUT2D eigenvalue weighted by molar-refractivity contribution is -0.114. The van der Waals surface area contributed by atoms with E-state index in [1.165, 1.54) is 11.8 Å². The molecule has 19 heavy (non-hydrogen) atoms. The van der Waals surface area contributed by atoms with Gasteiger partial charge in [0.15, 0.2) is 0 Å². The van der Waals surface area contributed by atoms with Crippen molar-refractivity contribution in [2.24, 2.45) is 0 Å². The number of hydrogen-bond acceptors (Lipinski definition) is 3. The lowest BCUT2D eigenvalue weighted by atomic mass is 10.3. The van der Waals surface area contributed by atoms with E-state index in [-0.39, 0.29) is 5.91 Å². The lowest BCUT2D eigenvalue weighted by Gasteiger charge is -2.04. The Hall–Kier alpha value is -1.68. The van der Waals surface area contributed by atoms with Crippen LogP contribution in [0, 0.1) is 6.92 Å². The number of furan rings is 1. The molecule has 0 radical (unpaired) electrons. The third-order valence-corrected chi connectivity index (χ3v) is 3.60. The molecular weight excluding hydrogens is 258 g/mol. The summed E-state index contributed by atoms with van der Waals surface area (Å²) in [7, 11) is 0. The molecule has 2 rings (SSSR count). The predicted molar refractivity (Wildman–Crippen MR) is 78.6 cm³/mol. The molecule has 100 valence electrons. The molecule has 1 heterocycles. The maximum Gasteiger partial charge on any atom is 0.221 e. The molecule has 1 aromatic heterocycles. The van der Waals surface area contributed by atoms with Gasteiger partial charge in [0.1, 0.15) is 11.5 Å². The minimum atomic E-state index is -0.0476. The number of rotatable bonds is 5. The highest BCUT2D eigenvalue weighted by Gasteiger charge is 2.00. The first-order chi connectivity index (χ1) is 9.13. The van der Waals surface area contributed by atoms with Crippen LogP contribution in [-0.2, 0) is 11.2 Å². The van der Waals surface area contributed by atoms with Crippen LogP contribution in [0.2, 0.25) is 0 Å². The molecule has 1 amide bonds. The summed E-state index contributed by atoms with van der Waals surface area (Å²) < 4.78 is 5.52. The molecule has 0 fully saturated rings. The summed E-state index contributed by atoms with van der Waals surface area (Å²) in [5.41, 5.74) is 0.832. The second-order valence-corrected chi connectivity index (χ2v) is 5.48. The maximum absolute atomic E-state index is 10.9. The van der Waals surface area contributed by atoms with E-state index < -0.39 is 0 Å². The van der Waals surface area contributed by atoms with Crippen molar-refractivity contribution in [1.82, 2.24) is 0 Å². The van der Waals surface area contributed by atoms with E-state index >= 15 is 0 Å². The SMILES string of the molecule is CC(=O)Nc1ccc(SCCc2ccc(C)o2)cc1. The second kappa shape index (κ2) is 6.48. The van der Waals surface area contributed by atoms with Gasteiger partial charge < -0.3 is 9.73 Å². The van der Waals surface area contributed by atoms with Crippen molar-refractivity contribution in [1.29, 1.82) is 0 Å². The van der Waals surface area contributed by atoms with Crippen molar-refractivity contribution in [3.8, 4) is 0 Å². The molecule has 0 saturated heterocycles. The van der Waals surface area contributed by atoms with Crippen molar-refractivity contribution < 1.29 is 9.21 Å². The number of carbonyl (C=O) groups excluding carboxylic acids is 1. The number of thioether (sulfide) groups is 1. The maximum atomic E-state index is 10.9. The molecule has 0 aliphatic carbocycles. The Morgan fingerprint density at radius 1 is 1.21 bits per heavy atom. The van der Waals surface area contributed by atoms with Crippen LogP contribution >= 0.6 is 11.8 Å². The van der Waals surface area contributed by atoms with E-state index in [0.29, 0.717) is 0 Å². The van der Waals surface area contributed by atoms with Crippen LogP contribution < -0.4 is 5.32 Å². The number of hydrogen-bond donors (Lipinski definition) is 1. The average molecular weight is 275 g/mol. The van der Waals surface area contributed by atoms with E-state index in [9.17, 15) is 4.79 Å². The number of aryl methyl sites for hydroxylation is 2. The first-order valence-corrected chi connectivity index (χ1v) is 7.18. The zero-order chi connectivity index (χ0) is 13.7. The molecule has 0 spiro atoms. The van der Waals surface area contributed by atoms with Gasteiger partial charge in [-0.2, -0.15) is 0 Å². The first-order valence-electron chi connectivity index (χ1n) is 6.19. The molecule has 0 bridgehead atoms. The zero-order valence-electron chi connectivity index (χ0n) is 11.1. The van der Waals surface area contributed by atoms with Crippen LogP contribution in [0.1, 0.15) is 18.4 Å². The molecule has 0 aliphatic rings. The Labute approximate surface area is 117 Å². The minimum absolute atomic E-state index is 0.0476. The zero-order valence-corrected chi connectivity index (χ0v) is 11.9. The molecular formula is C15H17NO2S. The van der Waals surface area contributed by atoms with E-state index in [1.807, 2.05) is 43.3 Å². The summed E-state index contributed by atoms with van der Waals surface area (Å²) >= 11 is 1.78. The normalized spacial score (nSPS) is 10.4. The topological polar surface area (TPSA) is 42.2 Å². The number of benzene rings is 1. The summed E-state index contributed by atoms with van der Waals surface area (Å²) in [6.07, 6.45) is 0.923. The van der Waals surface area contributed by atoms with Gasteiger partial charge >= 0.3 is 0 Å². The standard InChI is InChI=1S/C15H17NO2S/c1-11-3-6-14(18-11)9-10-19-15-7-4-13(5-8-15)16-12(2)17/h3-8H,9-10H2,1-2H3,(H,16,17). The monoisotopic (exact) mass is 275 g/mol. The first kappa shape index (κ1) is 13.7. The largest absolute Gasteiger partial charge is 0.466 e. The number of anilines is 1. The number of carbonyl (C=O) groups is 1. The molecule has 0 unspecified atom stereocenters. The van der Waals surface area contributed by atoms with Gasteiger partial charge in [-0.05, 0) is 43.3 Å². The minimum Gasteiger partial charge on any atom is -0.466 e. The van der Waals surface area contributed by atoms with Gasteiger partial charge in [-0.15, -0.1) is 11.8 Å². The molecule has 1 aromatic carbocycles. The highest BCUT2D eigenvalue weighted by Crippen LogP contribution is 2.21. The summed E-state index contributed by atoms with van der Waals surface area (Å²) in [6, 6.07) is 11.9. The summed E-state index contributed by atoms with van der Waals surface area (Å²) in [5.74, 6) is 2.92. The Morgan fingerprint density at radius 2 is 1.95 bits per heavy atom. The highest BCUT2D eigenvalue weighted by atomic mass is 32.2. The smallest absolute Gasteiger partial charge is 0.221 e. The molecule has 4 heteroatoms. The van der Waals surface area contributed by atoms with Crippen molar-refractivity contribution in [3.05, 3.63) is 47.9 Å². The van der Waals surface area contributed by atoms with Gasteiger partial charge in [-0.25, -0.2) is 0 Å². The van der Waals surface area contributed by atoms with Gasteiger partial charge in [0.2, 0.25) is 5.91 Å². The van der Waals surface area contributed by atoms with Gasteiger partial charge in [0.25, 0.3) is 0 Å². The van der Waals surface area contributed by atoms with E-state index in [2.05, 4.69) is 5.32 Å². The number of nitrogens with one attached hydrogen (secondary N) is 1.